The van der Waals surface area contributed by atoms with Crippen molar-refractivity contribution in [1.29, 1.82) is 0 Å². The van der Waals surface area contributed by atoms with Crippen LogP contribution in [0.5, 0.6) is 11.5 Å². The second kappa shape index (κ2) is 16.3. The molecule has 0 amide bonds. The molecule has 1 saturated heterocycles. The average molecular weight is 713 g/mol. The van der Waals surface area contributed by atoms with Crippen molar-refractivity contribution >= 4 is 35.4 Å². The Hall–Kier alpha value is -2.07. The van der Waals surface area contributed by atoms with Crippen LogP contribution >= 0.6 is 19.4 Å². The summed E-state index contributed by atoms with van der Waals surface area (Å²) in [5, 5.41) is 0. The first kappa shape index (κ1) is 35.4. The van der Waals surface area contributed by atoms with Crippen LogP contribution < -0.4 is 19.3 Å². The Bertz CT molecular complexity index is 1260. The Labute approximate surface area is 273 Å². The van der Waals surface area contributed by atoms with E-state index in [9.17, 15) is 0 Å². The minimum absolute atomic E-state index is 0.494. The summed E-state index contributed by atoms with van der Waals surface area (Å²) < 4.78 is 12.1. The summed E-state index contributed by atoms with van der Waals surface area (Å²) in [7, 11) is 14.8. The first-order valence-corrected chi connectivity index (χ1v) is 20.5. The molecule has 4 nitrogen and oxygen atoms in total. The molecular weight excluding hydrogens is 664 g/mol. The molecule has 4 rings (SSSR count). The van der Waals surface area contributed by atoms with E-state index in [1.807, 2.05) is 22.8 Å². The number of hydrogen-bond acceptors (Lipinski definition) is 4. The zero-order valence-corrected chi connectivity index (χ0v) is 30.6. The molecule has 0 N–H and O–H groups in total. The molecule has 3 aromatic carbocycles. The molecule has 0 aliphatic carbocycles. The first-order valence-electron chi connectivity index (χ1n) is 15.0. The topological polar surface area (TPSA) is 24.9 Å². The van der Waals surface area contributed by atoms with Crippen LogP contribution in [0.3, 0.4) is 0 Å². The Balaban J connectivity index is 0.000000303. The van der Waals surface area contributed by atoms with Crippen LogP contribution in [0.4, 0.5) is 11.4 Å². The second-order valence-corrected chi connectivity index (χ2v) is 17.7. The number of methoxy groups -OCH3 is 2. The van der Waals surface area contributed by atoms with Gasteiger partial charge in [-0.2, -0.15) is 0 Å². The fraction of sp³-hybridized carbons (Fsp3) is 0.444. The molecule has 1 heterocycles. The summed E-state index contributed by atoms with van der Waals surface area (Å²) in [6.07, 6.45) is 0. The van der Waals surface area contributed by atoms with Gasteiger partial charge in [-0.25, -0.2) is 0 Å². The molecule has 0 saturated carbocycles. The Morgan fingerprint density at radius 1 is 0.674 bits per heavy atom. The molecule has 2 radical (unpaired) electrons. The van der Waals surface area contributed by atoms with Gasteiger partial charge in [0.1, 0.15) is 0 Å². The fourth-order valence-electron chi connectivity index (χ4n) is 5.42. The molecule has 1 fully saturated rings. The van der Waals surface area contributed by atoms with Gasteiger partial charge in [-0.05, 0) is 45.9 Å². The molecule has 1 aliphatic heterocycles. The molecule has 236 valence electrons. The average Bonchev–Trinajstić information content (AvgIpc) is 3.45. The van der Waals surface area contributed by atoms with E-state index < -0.39 is 13.5 Å². The molecule has 0 bridgehead atoms. The predicted octanol–water partition coefficient (Wildman–Crippen LogP) is 10.3. The van der Waals surface area contributed by atoms with Crippen molar-refractivity contribution in [3.05, 3.63) is 89.1 Å². The number of benzene rings is 3. The number of rotatable bonds is 9. The Morgan fingerprint density at radius 2 is 1.09 bits per heavy atom. The molecule has 1 aliphatic rings. The van der Waals surface area contributed by atoms with Crippen LogP contribution in [0.15, 0.2) is 54.6 Å². The third-order valence-corrected chi connectivity index (χ3v) is 9.47. The van der Waals surface area contributed by atoms with E-state index in [0.717, 1.165) is 30.2 Å². The van der Waals surface area contributed by atoms with Gasteiger partial charge in [0, 0.05) is 24.5 Å². The molecular formula is C36H48Cl2N2O2Ru. The summed E-state index contributed by atoms with van der Waals surface area (Å²) in [6, 6.07) is 19.1. The number of hydrogen-bond donors (Lipinski definition) is 0. The molecule has 0 atom stereocenters. The van der Waals surface area contributed by atoms with Gasteiger partial charge in [0.2, 0.25) is 6.67 Å². The monoisotopic (exact) mass is 712 g/mol. The standard InChI is InChI=1S/C27H38N2.C9H10O2.2ClH.Ru/c1-18(2)22-11-9-12-23(19(3)4)26(22)28-15-16-29(17-28)27-24(20(5)6)13-10-14-25(27)21(7)8;1-7-6-8(10-2)4-5-9(7)11-3;;;/h9-14,18-21H,15-16H2,1-8H3;1,4-6H,2-3H3;2*1H;/q;;;;+2/p-2. The molecule has 0 aromatic heterocycles. The van der Waals surface area contributed by atoms with Crippen molar-refractivity contribution in [2.75, 3.05) is 37.1 Å². The van der Waals surface area contributed by atoms with E-state index in [0.29, 0.717) is 23.7 Å². The van der Waals surface area contributed by atoms with Crippen molar-refractivity contribution in [3.63, 3.8) is 0 Å². The quantitative estimate of drug-likeness (QED) is 0.206. The zero-order valence-electron chi connectivity index (χ0n) is 27.3. The normalized spacial score (nSPS) is 13.5. The number of halogens is 2. The number of nitrogens with zero attached hydrogens (tertiary/aromatic N) is 2. The van der Waals surface area contributed by atoms with E-state index in [1.54, 1.807) is 14.2 Å². The maximum absolute atomic E-state index is 5.79. The predicted molar refractivity (Wildman–Crippen MR) is 184 cm³/mol. The van der Waals surface area contributed by atoms with Crippen molar-refractivity contribution in [3.8, 4) is 11.5 Å². The summed E-state index contributed by atoms with van der Waals surface area (Å²) in [6.45, 7) is 24.1. The molecule has 7 heteroatoms. The van der Waals surface area contributed by atoms with Crippen molar-refractivity contribution in [2.45, 2.75) is 79.1 Å². The van der Waals surface area contributed by atoms with Crippen LogP contribution in [-0.2, 0) is 13.5 Å². The summed E-state index contributed by atoms with van der Waals surface area (Å²) >= 11 is -1.83. The minimum atomic E-state index is -1.83. The first-order chi connectivity index (χ1) is 20.4. The zero-order chi connectivity index (χ0) is 31.8. The second-order valence-electron chi connectivity index (χ2n) is 12.0. The third kappa shape index (κ3) is 8.99. The molecule has 43 heavy (non-hydrogen) atoms. The van der Waals surface area contributed by atoms with Crippen molar-refractivity contribution < 1.29 is 23.0 Å². The van der Waals surface area contributed by atoms with Crippen LogP contribution in [0.25, 0.3) is 0 Å². The van der Waals surface area contributed by atoms with E-state index in [1.165, 1.54) is 33.6 Å². The van der Waals surface area contributed by atoms with Gasteiger partial charge in [-0.1, -0.05) is 91.8 Å². The van der Waals surface area contributed by atoms with Crippen molar-refractivity contribution in [2.24, 2.45) is 0 Å². The molecule has 3 aromatic rings. The number of para-hydroxylation sites is 2. The SMILES string of the molecule is CC(C)c1cccc(C(C)C)c1N1[C]N(c2c(C(C)C)cccc2C(C)C)CC1.COc1ccc(OC)c([CH]=[Ru]([Cl])[Cl])c1. The Morgan fingerprint density at radius 3 is 1.42 bits per heavy atom. The summed E-state index contributed by atoms with van der Waals surface area (Å²) in [4.78, 5) is 4.76. The van der Waals surface area contributed by atoms with Gasteiger partial charge >= 0.3 is 96.5 Å². The maximum atomic E-state index is 5.79. The van der Waals surface area contributed by atoms with Gasteiger partial charge in [0.25, 0.3) is 0 Å². The number of anilines is 2. The van der Waals surface area contributed by atoms with Gasteiger partial charge in [-0.3, -0.25) is 0 Å². The molecule has 0 spiro atoms. The Kier molecular flexibility index (Phi) is 13.4. The van der Waals surface area contributed by atoms with E-state index >= 15 is 0 Å². The van der Waals surface area contributed by atoms with Gasteiger partial charge in [0.05, 0.1) is 0 Å². The van der Waals surface area contributed by atoms with Crippen LogP contribution in [0.2, 0.25) is 0 Å². The van der Waals surface area contributed by atoms with Crippen LogP contribution in [0.1, 0.15) is 107 Å². The van der Waals surface area contributed by atoms with Gasteiger partial charge in [-0.15, -0.1) is 0 Å². The van der Waals surface area contributed by atoms with Crippen LogP contribution in [-0.4, -0.2) is 31.9 Å². The van der Waals surface area contributed by atoms with Gasteiger partial charge < -0.3 is 9.80 Å². The van der Waals surface area contributed by atoms with Crippen molar-refractivity contribution in [1.82, 2.24) is 0 Å². The van der Waals surface area contributed by atoms with E-state index in [-0.39, 0.29) is 0 Å². The van der Waals surface area contributed by atoms with Gasteiger partial charge in [0.15, 0.2) is 0 Å². The third-order valence-electron chi connectivity index (χ3n) is 7.64. The summed E-state index contributed by atoms with van der Waals surface area (Å²) in [5.74, 6) is 3.50. The van der Waals surface area contributed by atoms with Crippen LogP contribution in [0, 0.1) is 6.67 Å². The fourth-order valence-corrected chi connectivity index (χ4v) is 7.20. The summed E-state index contributed by atoms with van der Waals surface area (Å²) in [5.41, 5.74) is 9.31. The number of ether oxygens (including phenoxy) is 2. The van der Waals surface area contributed by atoms with E-state index in [4.69, 9.17) is 28.9 Å². The molecule has 0 unspecified atom stereocenters. The van der Waals surface area contributed by atoms with E-state index in [2.05, 4.69) is 108 Å².